The van der Waals surface area contributed by atoms with Gasteiger partial charge in [-0.15, -0.1) is 0 Å². The number of hydrogen-bond donors (Lipinski definition) is 2. The van der Waals surface area contributed by atoms with E-state index in [0.29, 0.717) is 28.7 Å². The van der Waals surface area contributed by atoms with Crippen molar-refractivity contribution in [1.82, 2.24) is 9.97 Å². The summed E-state index contributed by atoms with van der Waals surface area (Å²) in [6.45, 7) is 0. The minimum Gasteiger partial charge on any atom is -0.495 e. The Morgan fingerprint density at radius 3 is 2.73 bits per heavy atom. The molecule has 1 saturated heterocycles. The molecule has 0 aliphatic carbocycles. The number of benzene rings is 1. The van der Waals surface area contributed by atoms with Crippen molar-refractivity contribution in [1.29, 1.82) is 0 Å². The maximum Gasteiger partial charge on any atom is 0.275 e. The van der Waals surface area contributed by atoms with Crippen LogP contribution < -0.4 is 15.4 Å². The van der Waals surface area contributed by atoms with Gasteiger partial charge in [0, 0.05) is 11.1 Å². The predicted octanol–water partition coefficient (Wildman–Crippen LogP) is 1.99. The van der Waals surface area contributed by atoms with Gasteiger partial charge in [0.2, 0.25) is 0 Å². The highest BCUT2D eigenvalue weighted by molar-refractivity contribution is 7.91. The molecule has 8 nitrogen and oxygen atoms in total. The molecule has 1 amide bonds. The third kappa shape index (κ3) is 4.41. The Balaban J connectivity index is 1.67. The van der Waals surface area contributed by atoms with E-state index in [9.17, 15) is 13.2 Å². The van der Waals surface area contributed by atoms with E-state index in [-0.39, 0.29) is 23.2 Å². The van der Waals surface area contributed by atoms with Crippen molar-refractivity contribution in [2.45, 2.75) is 12.5 Å². The number of halogens is 1. The molecule has 2 aromatic rings. The largest absolute Gasteiger partial charge is 0.495 e. The number of rotatable bonds is 5. The Kier molecular flexibility index (Phi) is 5.28. The Bertz CT molecular complexity index is 918. The first-order valence-electron chi connectivity index (χ1n) is 7.80. The predicted molar refractivity (Wildman–Crippen MR) is 98.7 cm³/mol. The molecule has 1 aromatic carbocycles. The van der Waals surface area contributed by atoms with E-state index in [1.54, 1.807) is 18.2 Å². The quantitative estimate of drug-likeness (QED) is 0.795. The summed E-state index contributed by atoms with van der Waals surface area (Å²) in [6, 6.07) is 4.68. The van der Waals surface area contributed by atoms with Gasteiger partial charge in [-0.1, -0.05) is 11.6 Å². The van der Waals surface area contributed by atoms with Crippen LogP contribution in [0.4, 0.5) is 11.5 Å². The first-order chi connectivity index (χ1) is 12.4. The van der Waals surface area contributed by atoms with Gasteiger partial charge in [0.05, 0.1) is 36.7 Å². The molecule has 1 fully saturated rings. The molecule has 26 heavy (non-hydrogen) atoms. The van der Waals surface area contributed by atoms with Crippen molar-refractivity contribution < 1.29 is 17.9 Å². The highest BCUT2D eigenvalue weighted by atomic mass is 35.5. The van der Waals surface area contributed by atoms with Crippen molar-refractivity contribution in [3.8, 4) is 5.75 Å². The van der Waals surface area contributed by atoms with E-state index < -0.39 is 15.7 Å². The van der Waals surface area contributed by atoms with Crippen molar-refractivity contribution in [2.75, 3.05) is 29.2 Å². The molecule has 138 valence electrons. The van der Waals surface area contributed by atoms with Crippen LogP contribution in [0.25, 0.3) is 0 Å². The zero-order valence-corrected chi connectivity index (χ0v) is 15.5. The van der Waals surface area contributed by atoms with Gasteiger partial charge in [-0.05, 0) is 24.6 Å². The Labute approximate surface area is 155 Å². The number of methoxy groups -OCH3 is 1. The van der Waals surface area contributed by atoms with E-state index in [1.807, 2.05) is 0 Å². The summed E-state index contributed by atoms with van der Waals surface area (Å²) in [5, 5.41) is 6.14. The lowest BCUT2D eigenvalue weighted by Crippen LogP contribution is -2.22. The summed E-state index contributed by atoms with van der Waals surface area (Å²) in [6.07, 6.45) is 3.24. The van der Waals surface area contributed by atoms with Crippen LogP contribution in [0.1, 0.15) is 16.9 Å². The lowest BCUT2D eigenvalue weighted by atomic mass is 10.2. The molecule has 1 aliphatic rings. The van der Waals surface area contributed by atoms with Gasteiger partial charge in [0.1, 0.15) is 17.3 Å². The zero-order chi connectivity index (χ0) is 18.7. The maximum atomic E-state index is 12.3. The zero-order valence-electron chi connectivity index (χ0n) is 13.9. The maximum absolute atomic E-state index is 12.3. The number of carbonyl (C=O) groups is 1. The number of sulfone groups is 1. The van der Waals surface area contributed by atoms with E-state index in [2.05, 4.69) is 20.6 Å². The van der Waals surface area contributed by atoms with Crippen LogP contribution in [-0.2, 0) is 9.84 Å². The summed E-state index contributed by atoms with van der Waals surface area (Å²) in [5.41, 5.74) is 0.529. The Morgan fingerprint density at radius 1 is 1.31 bits per heavy atom. The van der Waals surface area contributed by atoms with Crippen molar-refractivity contribution >= 4 is 38.9 Å². The monoisotopic (exact) mass is 396 g/mol. The molecule has 1 atom stereocenters. The number of nitrogens with zero attached hydrogens (tertiary/aromatic N) is 2. The molecule has 1 unspecified atom stereocenters. The number of anilines is 2. The lowest BCUT2D eigenvalue weighted by molar-refractivity contribution is 0.102. The SMILES string of the molecule is COc1ccc(Cl)cc1NC(=O)c1cnc(NC2CCS(=O)(=O)C2)cn1. The molecule has 3 rings (SSSR count). The minimum atomic E-state index is -2.98. The normalized spacial score (nSPS) is 18.3. The van der Waals surface area contributed by atoms with Crippen molar-refractivity contribution in [3.05, 3.63) is 41.3 Å². The average molecular weight is 397 g/mol. The first-order valence-corrected chi connectivity index (χ1v) is 10.00. The fourth-order valence-electron chi connectivity index (χ4n) is 2.60. The van der Waals surface area contributed by atoms with Crippen molar-refractivity contribution in [2.24, 2.45) is 0 Å². The number of amides is 1. The number of carbonyl (C=O) groups excluding carboxylic acids is 1. The van der Waals surface area contributed by atoms with Crippen LogP contribution in [0.5, 0.6) is 5.75 Å². The molecule has 1 aliphatic heterocycles. The molecular weight excluding hydrogens is 380 g/mol. The molecule has 0 bridgehead atoms. The van der Waals surface area contributed by atoms with Crippen LogP contribution in [0, 0.1) is 0 Å². The summed E-state index contributed by atoms with van der Waals surface area (Å²) in [4.78, 5) is 20.5. The van der Waals surface area contributed by atoms with E-state index in [1.165, 1.54) is 19.5 Å². The molecule has 0 spiro atoms. The fourth-order valence-corrected chi connectivity index (χ4v) is 4.45. The van der Waals surface area contributed by atoms with Gasteiger partial charge >= 0.3 is 0 Å². The Morgan fingerprint density at radius 2 is 2.12 bits per heavy atom. The van der Waals surface area contributed by atoms with E-state index >= 15 is 0 Å². The number of hydrogen-bond acceptors (Lipinski definition) is 7. The van der Waals surface area contributed by atoms with Gasteiger partial charge in [-0.2, -0.15) is 0 Å². The molecule has 1 aromatic heterocycles. The number of ether oxygens (including phenoxy) is 1. The number of nitrogens with one attached hydrogen (secondary N) is 2. The summed E-state index contributed by atoms with van der Waals surface area (Å²) >= 11 is 5.94. The molecule has 2 heterocycles. The first kappa shape index (κ1) is 18.4. The van der Waals surface area contributed by atoms with Crippen LogP contribution in [0.15, 0.2) is 30.6 Å². The summed E-state index contributed by atoms with van der Waals surface area (Å²) in [7, 11) is -1.49. The fraction of sp³-hybridized carbons (Fsp3) is 0.312. The second-order valence-electron chi connectivity index (χ2n) is 5.83. The minimum absolute atomic E-state index is 0.0749. The molecule has 2 N–H and O–H groups in total. The Hall–Kier alpha value is -2.39. The highest BCUT2D eigenvalue weighted by Crippen LogP contribution is 2.28. The molecule has 0 saturated carbocycles. The highest BCUT2D eigenvalue weighted by Gasteiger charge is 2.28. The third-order valence-corrected chi connectivity index (χ3v) is 5.88. The van der Waals surface area contributed by atoms with E-state index in [4.69, 9.17) is 16.3 Å². The smallest absolute Gasteiger partial charge is 0.275 e. The second kappa shape index (κ2) is 7.46. The lowest BCUT2D eigenvalue weighted by Gasteiger charge is -2.12. The van der Waals surface area contributed by atoms with Crippen LogP contribution in [0.3, 0.4) is 0 Å². The number of aromatic nitrogens is 2. The molecule has 0 radical (unpaired) electrons. The van der Waals surface area contributed by atoms with E-state index in [0.717, 1.165) is 0 Å². The average Bonchev–Trinajstić information content (AvgIpc) is 2.94. The van der Waals surface area contributed by atoms with Crippen molar-refractivity contribution in [3.63, 3.8) is 0 Å². The van der Waals surface area contributed by atoms with Gasteiger partial charge in [-0.3, -0.25) is 4.79 Å². The van der Waals surface area contributed by atoms with Crippen LogP contribution in [-0.4, -0.2) is 49.0 Å². The van der Waals surface area contributed by atoms with Gasteiger partial charge < -0.3 is 15.4 Å². The van der Waals surface area contributed by atoms with Crippen LogP contribution >= 0.6 is 11.6 Å². The second-order valence-corrected chi connectivity index (χ2v) is 8.50. The third-order valence-electron chi connectivity index (χ3n) is 3.88. The molecular formula is C16H17ClN4O4S. The topological polar surface area (TPSA) is 110 Å². The standard InChI is InChI=1S/C16H17ClN4O4S/c1-25-14-3-2-10(17)6-12(14)21-16(22)13-7-19-15(8-18-13)20-11-4-5-26(23,24)9-11/h2-3,6-8,11H,4-5,9H2,1H3,(H,19,20)(H,21,22). The van der Waals surface area contributed by atoms with Gasteiger partial charge in [-0.25, -0.2) is 18.4 Å². The van der Waals surface area contributed by atoms with Gasteiger partial charge in [0.15, 0.2) is 9.84 Å². The summed E-state index contributed by atoms with van der Waals surface area (Å²) < 4.78 is 28.1. The summed E-state index contributed by atoms with van der Waals surface area (Å²) in [5.74, 6) is 0.666. The molecule has 10 heteroatoms. The van der Waals surface area contributed by atoms with Gasteiger partial charge in [0.25, 0.3) is 5.91 Å². The van der Waals surface area contributed by atoms with Crippen LogP contribution in [0.2, 0.25) is 5.02 Å².